The zero-order valence-electron chi connectivity index (χ0n) is 5.13. The minimum absolute atomic E-state index is 0.0567. The van der Waals surface area contributed by atoms with Crippen LogP contribution in [0.15, 0.2) is 4.36 Å². The predicted octanol–water partition coefficient (Wildman–Crippen LogP) is -0.127. The fraction of sp³-hybridized carbons (Fsp3) is 0.800. The van der Waals surface area contributed by atoms with E-state index < -0.39 is 0 Å². The van der Waals surface area contributed by atoms with Crippen LogP contribution in [-0.2, 0) is 10.7 Å². The summed E-state index contributed by atoms with van der Waals surface area (Å²) in [6, 6.07) is 0. The highest BCUT2D eigenvalue weighted by Crippen LogP contribution is 1.91. The molecular weight excluding hydrogens is 134 g/mol. The van der Waals surface area contributed by atoms with Gasteiger partial charge in [0.25, 0.3) is 0 Å². The molecule has 1 saturated heterocycles. The van der Waals surface area contributed by atoms with Crippen LogP contribution in [0.3, 0.4) is 0 Å². The average molecular weight is 143 g/mol. The first-order chi connectivity index (χ1) is 4.43. The van der Waals surface area contributed by atoms with E-state index in [1.807, 2.05) is 6.19 Å². The molecule has 1 aliphatic heterocycles. The van der Waals surface area contributed by atoms with Gasteiger partial charge in [-0.25, -0.2) is 0 Å². The maximum absolute atomic E-state index is 8.19. The maximum atomic E-state index is 8.19. The van der Waals surface area contributed by atoms with Crippen LogP contribution in [0.2, 0.25) is 0 Å². The van der Waals surface area contributed by atoms with Gasteiger partial charge in [-0.1, -0.05) is 10.7 Å². The van der Waals surface area contributed by atoms with E-state index >= 15 is 0 Å². The summed E-state index contributed by atoms with van der Waals surface area (Å²) < 4.78 is 3.78. The fourth-order valence-electron chi connectivity index (χ4n) is 0.756. The molecule has 1 rings (SSSR count). The fourth-order valence-corrected chi connectivity index (χ4v) is 2.02. The van der Waals surface area contributed by atoms with E-state index in [2.05, 4.69) is 9.68 Å². The quantitative estimate of drug-likeness (QED) is 0.480. The number of hydrogen-bond donors (Lipinski definition) is 1. The molecule has 0 bridgehead atoms. The van der Waals surface area contributed by atoms with Crippen LogP contribution in [0, 0.1) is 11.5 Å². The summed E-state index contributed by atoms with van der Waals surface area (Å²) in [7, 11) is 0.0567. The summed E-state index contributed by atoms with van der Waals surface area (Å²) in [5.41, 5.74) is 0. The molecule has 0 amide bonds. The molecule has 0 radical (unpaired) electrons. The summed E-state index contributed by atoms with van der Waals surface area (Å²) in [6.07, 6.45) is 1.85. The molecule has 0 aliphatic carbocycles. The Kier molecular flexibility index (Phi) is 2.68. The van der Waals surface area contributed by atoms with E-state index in [-0.39, 0.29) is 10.7 Å². The molecule has 0 atom stereocenters. The Morgan fingerprint density at radius 3 is 2.67 bits per heavy atom. The molecule has 4 heteroatoms. The molecule has 1 heterocycles. The maximum Gasteiger partial charge on any atom is 0.212 e. The lowest BCUT2D eigenvalue weighted by atomic mass is 10.6. The molecule has 0 saturated carbocycles. The lowest BCUT2D eigenvalue weighted by molar-refractivity contribution is 0.752. The van der Waals surface area contributed by atoms with Gasteiger partial charge in [0.1, 0.15) is 0 Å². The molecule has 0 aromatic carbocycles. The molecule has 0 aromatic heterocycles. The number of nitrogens with one attached hydrogen (secondary N) is 1. The highest BCUT2D eigenvalue weighted by molar-refractivity contribution is 7.87. The molecule has 3 nitrogen and oxygen atoms in total. The van der Waals surface area contributed by atoms with Crippen molar-refractivity contribution in [2.24, 2.45) is 4.36 Å². The third kappa shape index (κ3) is 2.12. The molecule has 1 aliphatic rings. The monoisotopic (exact) mass is 143 g/mol. The van der Waals surface area contributed by atoms with Gasteiger partial charge in [0, 0.05) is 24.6 Å². The number of hydrogen-bond acceptors (Lipinski definition) is 3. The van der Waals surface area contributed by atoms with Crippen LogP contribution in [0.1, 0.15) is 0 Å². The van der Waals surface area contributed by atoms with Crippen LogP contribution in [0.25, 0.3) is 0 Å². The Balaban J connectivity index is 2.42. The van der Waals surface area contributed by atoms with Gasteiger partial charge in [0.05, 0.1) is 0 Å². The zero-order chi connectivity index (χ0) is 6.53. The van der Waals surface area contributed by atoms with Crippen molar-refractivity contribution in [1.82, 2.24) is 5.32 Å². The Morgan fingerprint density at radius 1 is 1.44 bits per heavy atom. The molecule has 1 fully saturated rings. The van der Waals surface area contributed by atoms with Crippen LogP contribution in [-0.4, -0.2) is 24.6 Å². The molecule has 9 heavy (non-hydrogen) atoms. The average Bonchev–Trinajstić information content (AvgIpc) is 1.91. The third-order valence-corrected chi connectivity index (χ3v) is 2.89. The second-order valence-electron chi connectivity index (χ2n) is 1.81. The second-order valence-corrected chi connectivity index (χ2v) is 3.74. The van der Waals surface area contributed by atoms with Crippen molar-refractivity contribution >= 4 is 10.7 Å². The third-order valence-electron chi connectivity index (χ3n) is 1.20. The van der Waals surface area contributed by atoms with Crippen molar-refractivity contribution in [3.63, 3.8) is 0 Å². The van der Waals surface area contributed by atoms with Gasteiger partial charge >= 0.3 is 0 Å². The first-order valence-corrected chi connectivity index (χ1v) is 4.43. The van der Waals surface area contributed by atoms with Gasteiger partial charge in [0.2, 0.25) is 6.19 Å². The molecule has 1 N–H and O–H groups in total. The van der Waals surface area contributed by atoms with Gasteiger partial charge in [-0.05, 0) is 0 Å². The Bertz CT molecular complexity index is 150. The van der Waals surface area contributed by atoms with Crippen molar-refractivity contribution < 1.29 is 0 Å². The van der Waals surface area contributed by atoms with Crippen LogP contribution in [0.5, 0.6) is 0 Å². The summed E-state index contributed by atoms with van der Waals surface area (Å²) in [6.45, 7) is 2.04. The second kappa shape index (κ2) is 3.59. The molecule has 50 valence electrons. The predicted molar refractivity (Wildman–Crippen MR) is 38.0 cm³/mol. The van der Waals surface area contributed by atoms with E-state index in [0.717, 1.165) is 24.6 Å². The highest BCUT2D eigenvalue weighted by Gasteiger charge is 2.02. The van der Waals surface area contributed by atoms with Crippen molar-refractivity contribution in [1.29, 1.82) is 5.26 Å². The number of nitrogens with zero attached hydrogens (tertiary/aromatic N) is 2. The molecule has 0 aromatic rings. The normalized spacial score (nSPS) is 20.8. The first kappa shape index (κ1) is 6.72. The van der Waals surface area contributed by atoms with E-state index in [1.54, 1.807) is 0 Å². The Labute approximate surface area is 57.2 Å². The van der Waals surface area contributed by atoms with E-state index in [1.165, 1.54) is 0 Å². The lowest BCUT2D eigenvalue weighted by Gasteiger charge is -2.12. The molecule has 0 spiro atoms. The Hall–Kier alpha value is -0.400. The minimum atomic E-state index is 0.0567. The van der Waals surface area contributed by atoms with Gasteiger partial charge in [-0.3, -0.25) is 0 Å². The van der Waals surface area contributed by atoms with Crippen molar-refractivity contribution in [3.05, 3.63) is 0 Å². The van der Waals surface area contributed by atoms with Crippen LogP contribution < -0.4 is 5.32 Å². The number of nitriles is 1. The van der Waals surface area contributed by atoms with Crippen LogP contribution >= 0.6 is 0 Å². The van der Waals surface area contributed by atoms with Gasteiger partial charge < -0.3 is 5.32 Å². The van der Waals surface area contributed by atoms with Crippen molar-refractivity contribution in [2.75, 3.05) is 24.6 Å². The van der Waals surface area contributed by atoms with Gasteiger partial charge in [-0.15, -0.1) is 0 Å². The molecule has 0 unspecified atom stereocenters. The SMILES string of the molecule is N#CN=S1CCNCC1. The standard InChI is InChI=1S/C5H9N3S/c6-5-8-9-3-1-7-2-4-9/h7H,1-4H2. The summed E-state index contributed by atoms with van der Waals surface area (Å²) >= 11 is 0. The Morgan fingerprint density at radius 2 is 2.11 bits per heavy atom. The van der Waals surface area contributed by atoms with Crippen molar-refractivity contribution in [2.45, 2.75) is 0 Å². The summed E-state index contributed by atoms with van der Waals surface area (Å²) in [5, 5.41) is 11.4. The summed E-state index contributed by atoms with van der Waals surface area (Å²) in [5.74, 6) is 2.10. The largest absolute Gasteiger partial charge is 0.315 e. The minimum Gasteiger partial charge on any atom is -0.315 e. The van der Waals surface area contributed by atoms with E-state index in [4.69, 9.17) is 5.26 Å². The summed E-state index contributed by atoms with van der Waals surface area (Å²) in [4.78, 5) is 0. The van der Waals surface area contributed by atoms with Crippen LogP contribution in [0.4, 0.5) is 0 Å². The molecular formula is C5H9N3S. The smallest absolute Gasteiger partial charge is 0.212 e. The van der Waals surface area contributed by atoms with Gasteiger partial charge in [-0.2, -0.15) is 9.62 Å². The zero-order valence-corrected chi connectivity index (χ0v) is 5.95. The highest BCUT2D eigenvalue weighted by atomic mass is 32.2. The van der Waals surface area contributed by atoms with Gasteiger partial charge in [0.15, 0.2) is 0 Å². The lowest BCUT2D eigenvalue weighted by Crippen LogP contribution is -2.32. The van der Waals surface area contributed by atoms with E-state index in [9.17, 15) is 0 Å². The topological polar surface area (TPSA) is 48.2 Å². The number of rotatable bonds is 0. The first-order valence-electron chi connectivity index (χ1n) is 2.91. The van der Waals surface area contributed by atoms with E-state index in [0.29, 0.717) is 0 Å². The van der Waals surface area contributed by atoms with Crippen molar-refractivity contribution in [3.8, 4) is 6.19 Å².